The van der Waals surface area contributed by atoms with Gasteiger partial charge in [-0.3, -0.25) is 4.68 Å². The maximum atomic E-state index is 12.8. The molecule has 1 aliphatic rings. The molecule has 0 unspecified atom stereocenters. The minimum atomic E-state index is -3.53. The summed E-state index contributed by atoms with van der Waals surface area (Å²) >= 11 is 0. The standard InChI is InChI=1S/C15H22N4O3S/c1-4-22-15(2)5-7-19(8-6-15)23(20,21)13-9-12-10-17-18(3)14(12)16-11-13/h9-11H,4-8H2,1-3H3. The molecule has 0 aromatic carbocycles. The molecule has 0 radical (unpaired) electrons. The van der Waals surface area contributed by atoms with Gasteiger partial charge in [0.2, 0.25) is 10.0 Å². The molecular formula is C15H22N4O3S. The maximum Gasteiger partial charge on any atom is 0.244 e. The van der Waals surface area contributed by atoms with Gasteiger partial charge in [0.05, 0.1) is 11.8 Å². The highest BCUT2D eigenvalue weighted by atomic mass is 32.2. The predicted molar refractivity (Wildman–Crippen MR) is 86.5 cm³/mol. The van der Waals surface area contributed by atoms with E-state index in [1.807, 2.05) is 13.8 Å². The second-order valence-electron chi connectivity index (χ2n) is 6.14. The van der Waals surface area contributed by atoms with Gasteiger partial charge in [-0.1, -0.05) is 0 Å². The molecule has 1 fully saturated rings. The van der Waals surface area contributed by atoms with Crippen molar-refractivity contribution in [1.82, 2.24) is 19.1 Å². The Labute approximate surface area is 136 Å². The van der Waals surface area contributed by atoms with E-state index in [1.165, 1.54) is 10.5 Å². The quantitative estimate of drug-likeness (QED) is 0.845. The summed E-state index contributed by atoms with van der Waals surface area (Å²) in [4.78, 5) is 4.45. The Morgan fingerprint density at radius 3 is 2.65 bits per heavy atom. The third-order valence-electron chi connectivity index (χ3n) is 4.46. The highest BCUT2D eigenvalue weighted by molar-refractivity contribution is 7.89. The van der Waals surface area contributed by atoms with E-state index in [0.29, 0.717) is 38.2 Å². The molecule has 0 aliphatic carbocycles. The van der Waals surface area contributed by atoms with Gasteiger partial charge in [-0.05, 0) is 32.8 Å². The van der Waals surface area contributed by atoms with Crippen molar-refractivity contribution in [2.24, 2.45) is 7.05 Å². The molecule has 0 saturated carbocycles. The molecule has 1 saturated heterocycles. The van der Waals surface area contributed by atoms with E-state index in [1.54, 1.807) is 24.0 Å². The van der Waals surface area contributed by atoms with Gasteiger partial charge < -0.3 is 4.74 Å². The Morgan fingerprint density at radius 2 is 2.00 bits per heavy atom. The number of hydrogen-bond donors (Lipinski definition) is 0. The lowest BCUT2D eigenvalue weighted by atomic mass is 9.95. The molecule has 0 atom stereocenters. The summed E-state index contributed by atoms with van der Waals surface area (Å²) in [6, 6.07) is 1.64. The van der Waals surface area contributed by atoms with E-state index in [9.17, 15) is 8.42 Å². The minimum absolute atomic E-state index is 0.220. The normalized spacial score (nSPS) is 19.3. The topological polar surface area (TPSA) is 77.3 Å². The number of aromatic nitrogens is 3. The number of ether oxygens (including phenoxy) is 1. The van der Waals surface area contributed by atoms with Gasteiger partial charge in [-0.15, -0.1) is 0 Å². The number of rotatable bonds is 4. The summed E-state index contributed by atoms with van der Waals surface area (Å²) in [6.45, 7) is 5.57. The molecule has 1 aliphatic heterocycles. The zero-order chi connectivity index (χ0) is 16.7. The first kappa shape index (κ1) is 16.4. The maximum absolute atomic E-state index is 12.8. The Kier molecular flexibility index (Phi) is 4.16. The average molecular weight is 338 g/mol. The van der Waals surface area contributed by atoms with Crippen LogP contribution < -0.4 is 0 Å². The first-order valence-corrected chi connectivity index (χ1v) is 9.22. The molecular weight excluding hydrogens is 316 g/mol. The fourth-order valence-corrected chi connectivity index (χ4v) is 4.43. The van der Waals surface area contributed by atoms with Crippen molar-refractivity contribution in [3.05, 3.63) is 18.5 Å². The van der Waals surface area contributed by atoms with Crippen molar-refractivity contribution in [2.75, 3.05) is 19.7 Å². The van der Waals surface area contributed by atoms with Gasteiger partial charge in [-0.2, -0.15) is 9.40 Å². The number of pyridine rings is 1. The van der Waals surface area contributed by atoms with Crippen molar-refractivity contribution in [3.63, 3.8) is 0 Å². The number of piperidine rings is 1. The Hall–Kier alpha value is -1.51. The van der Waals surface area contributed by atoms with Crippen molar-refractivity contribution in [1.29, 1.82) is 0 Å². The van der Waals surface area contributed by atoms with Crippen molar-refractivity contribution in [2.45, 2.75) is 37.2 Å². The monoisotopic (exact) mass is 338 g/mol. The molecule has 3 heterocycles. The Morgan fingerprint density at radius 1 is 1.30 bits per heavy atom. The van der Waals surface area contributed by atoms with E-state index in [-0.39, 0.29) is 10.5 Å². The van der Waals surface area contributed by atoms with Crippen molar-refractivity contribution >= 4 is 21.1 Å². The molecule has 0 amide bonds. The average Bonchev–Trinajstić information content (AvgIpc) is 2.89. The lowest BCUT2D eigenvalue weighted by Crippen LogP contribution is -2.46. The molecule has 126 valence electrons. The molecule has 2 aromatic heterocycles. The van der Waals surface area contributed by atoms with Gasteiger partial charge in [0.1, 0.15) is 4.90 Å². The number of fused-ring (bicyclic) bond motifs is 1. The number of aryl methyl sites for hydroxylation is 1. The molecule has 8 heteroatoms. The number of sulfonamides is 1. The predicted octanol–water partition coefficient (Wildman–Crippen LogP) is 1.55. The van der Waals surface area contributed by atoms with Gasteiger partial charge >= 0.3 is 0 Å². The third-order valence-corrected chi connectivity index (χ3v) is 6.32. The first-order chi connectivity index (χ1) is 10.9. The van der Waals surface area contributed by atoms with Crippen LogP contribution in [0.15, 0.2) is 23.4 Å². The van der Waals surface area contributed by atoms with Gasteiger partial charge in [0, 0.05) is 38.3 Å². The molecule has 0 bridgehead atoms. The van der Waals surface area contributed by atoms with E-state index in [0.717, 1.165) is 5.39 Å². The summed E-state index contributed by atoms with van der Waals surface area (Å²) < 4.78 is 34.5. The summed E-state index contributed by atoms with van der Waals surface area (Å²) in [6.07, 6.45) is 4.44. The number of hydrogen-bond acceptors (Lipinski definition) is 5. The van der Waals surface area contributed by atoms with Crippen LogP contribution in [0.2, 0.25) is 0 Å². The Bertz CT molecular complexity index is 807. The van der Waals surface area contributed by atoms with E-state index < -0.39 is 10.0 Å². The summed E-state index contributed by atoms with van der Waals surface area (Å²) in [7, 11) is -1.75. The van der Waals surface area contributed by atoms with Crippen LogP contribution in [-0.4, -0.2) is 52.8 Å². The molecule has 3 rings (SSSR count). The lowest BCUT2D eigenvalue weighted by molar-refractivity contribution is -0.0553. The van der Waals surface area contributed by atoms with Gasteiger partial charge in [0.15, 0.2) is 5.65 Å². The van der Waals surface area contributed by atoms with Crippen molar-refractivity contribution in [3.8, 4) is 0 Å². The fraction of sp³-hybridized carbons (Fsp3) is 0.600. The largest absolute Gasteiger partial charge is 0.375 e. The zero-order valence-electron chi connectivity index (χ0n) is 13.7. The van der Waals surface area contributed by atoms with Crippen LogP contribution in [0.1, 0.15) is 26.7 Å². The summed E-state index contributed by atoms with van der Waals surface area (Å²) in [5.74, 6) is 0. The van der Waals surface area contributed by atoms with Crippen LogP contribution in [0.25, 0.3) is 11.0 Å². The highest BCUT2D eigenvalue weighted by Crippen LogP contribution is 2.29. The van der Waals surface area contributed by atoms with E-state index >= 15 is 0 Å². The third kappa shape index (κ3) is 2.98. The molecule has 0 N–H and O–H groups in total. The van der Waals surface area contributed by atoms with Crippen molar-refractivity contribution < 1.29 is 13.2 Å². The SMILES string of the molecule is CCOC1(C)CCN(S(=O)(=O)c2cnc3c(cnn3C)c2)CC1. The Balaban J connectivity index is 1.83. The smallest absolute Gasteiger partial charge is 0.244 e. The molecule has 23 heavy (non-hydrogen) atoms. The first-order valence-electron chi connectivity index (χ1n) is 7.78. The minimum Gasteiger partial charge on any atom is -0.375 e. The molecule has 0 spiro atoms. The second-order valence-corrected chi connectivity index (χ2v) is 8.08. The van der Waals surface area contributed by atoms with Crippen LogP contribution in [-0.2, 0) is 21.8 Å². The zero-order valence-corrected chi connectivity index (χ0v) is 14.5. The van der Waals surface area contributed by atoms with E-state index in [2.05, 4.69) is 10.1 Å². The molecule has 2 aromatic rings. The van der Waals surface area contributed by atoms with Crippen LogP contribution in [0.5, 0.6) is 0 Å². The number of nitrogens with zero attached hydrogens (tertiary/aromatic N) is 4. The van der Waals surface area contributed by atoms with Crippen LogP contribution >= 0.6 is 0 Å². The highest BCUT2D eigenvalue weighted by Gasteiger charge is 2.36. The summed E-state index contributed by atoms with van der Waals surface area (Å²) in [5, 5.41) is 4.83. The lowest BCUT2D eigenvalue weighted by Gasteiger charge is -2.38. The fourth-order valence-electron chi connectivity index (χ4n) is 3.01. The van der Waals surface area contributed by atoms with Crippen LogP contribution in [0.4, 0.5) is 0 Å². The van der Waals surface area contributed by atoms with Crippen LogP contribution in [0.3, 0.4) is 0 Å². The van der Waals surface area contributed by atoms with Gasteiger partial charge in [-0.25, -0.2) is 13.4 Å². The van der Waals surface area contributed by atoms with E-state index in [4.69, 9.17) is 4.74 Å². The van der Waals surface area contributed by atoms with Gasteiger partial charge in [0.25, 0.3) is 0 Å². The summed E-state index contributed by atoms with van der Waals surface area (Å²) in [5.41, 5.74) is 0.443. The second kappa shape index (κ2) is 5.85. The molecule has 7 nitrogen and oxygen atoms in total. The van der Waals surface area contributed by atoms with Crippen LogP contribution in [0, 0.1) is 0 Å².